The molecule has 0 aromatic heterocycles. The molecule has 0 atom stereocenters. The molecule has 0 unspecified atom stereocenters. The second kappa shape index (κ2) is 13.0. The maximum Gasteiger partial charge on any atom is 0.416 e. The molecule has 0 bridgehead atoms. The zero-order chi connectivity index (χ0) is 34.1. The molecule has 2 aliphatic heterocycles. The van der Waals surface area contributed by atoms with Crippen LogP contribution in [0.15, 0.2) is 70.6 Å². The highest BCUT2D eigenvalue weighted by molar-refractivity contribution is 8.18. The van der Waals surface area contributed by atoms with Crippen LogP contribution in [-0.2, 0) is 29.9 Å². The van der Waals surface area contributed by atoms with E-state index in [4.69, 9.17) is 9.47 Å². The zero-order valence-corrected chi connectivity index (χ0v) is 25.1. The summed E-state index contributed by atoms with van der Waals surface area (Å²) in [4.78, 5) is 20.8. The van der Waals surface area contributed by atoms with E-state index in [2.05, 4.69) is 4.99 Å². The third-order valence-corrected chi connectivity index (χ3v) is 8.35. The van der Waals surface area contributed by atoms with Gasteiger partial charge >= 0.3 is 18.5 Å². The molecule has 1 fully saturated rings. The van der Waals surface area contributed by atoms with Crippen molar-refractivity contribution in [3.05, 3.63) is 93.4 Å². The van der Waals surface area contributed by atoms with Gasteiger partial charge in [-0.3, -0.25) is 4.79 Å². The summed E-state index contributed by atoms with van der Waals surface area (Å²) < 4.78 is 130. The smallest absolute Gasteiger partial charge is 0.416 e. The van der Waals surface area contributed by atoms with Crippen molar-refractivity contribution in [2.75, 3.05) is 38.2 Å². The largest absolute Gasteiger partial charge is 0.493 e. The number of hydrogen-bond donors (Lipinski definition) is 0. The van der Waals surface area contributed by atoms with E-state index in [9.17, 15) is 44.3 Å². The van der Waals surface area contributed by atoms with Gasteiger partial charge in [0.2, 0.25) is 0 Å². The lowest BCUT2D eigenvalue weighted by atomic mass is 10.0. The molecule has 0 saturated carbocycles. The lowest BCUT2D eigenvalue weighted by Gasteiger charge is -2.36. The van der Waals surface area contributed by atoms with Gasteiger partial charge in [-0.05, 0) is 65.9 Å². The number of halogens is 9. The first-order valence-corrected chi connectivity index (χ1v) is 14.6. The Labute approximate surface area is 266 Å². The number of piperazine rings is 1. The summed E-state index contributed by atoms with van der Waals surface area (Å²) in [7, 11) is 1.29. The fraction of sp³-hybridized carbons (Fsp3) is 0.290. The predicted octanol–water partition coefficient (Wildman–Crippen LogP) is 8.12. The summed E-state index contributed by atoms with van der Waals surface area (Å²) in [5, 5.41) is 0.439. The quantitative estimate of drug-likeness (QED) is 0.193. The molecule has 5 rings (SSSR count). The number of benzene rings is 3. The van der Waals surface area contributed by atoms with Crippen molar-refractivity contribution in [3.8, 4) is 11.5 Å². The van der Waals surface area contributed by atoms with Gasteiger partial charge in [0.05, 0.1) is 28.7 Å². The Balaban J connectivity index is 1.23. The molecule has 250 valence electrons. The Morgan fingerprint density at radius 3 is 2.09 bits per heavy atom. The highest BCUT2D eigenvalue weighted by Crippen LogP contribution is 2.39. The summed E-state index contributed by atoms with van der Waals surface area (Å²) in [6, 6.07) is 10.7. The number of carbonyl (C=O) groups excluding carboxylic acids is 1. The number of carbonyl (C=O) groups is 1. The SMILES string of the molecule is COc1cc(/C=C2/SC(N3CCN(c4cccc(C(F)(F)F)c4)CC3)=NC2=O)ccc1OCc1ccc(C(F)(F)F)cc1C(F)(F)F. The van der Waals surface area contributed by atoms with Crippen LogP contribution in [0.4, 0.5) is 45.2 Å². The Hall–Kier alpha value is -4.34. The van der Waals surface area contributed by atoms with E-state index in [-0.39, 0.29) is 22.5 Å². The summed E-state index contributed by atoms with van der Waals surface area (Å²) in [6.45, 7) is 0.943. The van der Waals surface area contributed by atoms with Crippen molar-refractivity contribution in [2.24, 2.45) is 4.99 Å². The van der Waals surface area contributed by atoms with Crippen molar-refractivity contribution >= 4 is 34.6 Å². The summed E-state index contributed by atoms with van der Waals surface area (Å²) in [5.41, 5.74) is -3.24. The van der Waals surface area contributed by atoms with E-state index in [1.54, 1.807) is 6.07 Å². The second-order valence-electron chi connectivity index (χ2n) is 10.4. The number of alkyl halides is 9. The van der Waals surface area contributed by atoms with Crippen LogP contribution in [0.5, 0.6) is 11.5 Å². The van der Waals surface area contributed by atoms with Gasteiger partial charge in [0.25, 0.3) is 5.91 Å². The standard InChI is InChI=1S/C31H24F9N3O3S/c1-45-25-13-18(5-8-24(25)46-17-19-6-7-21(30(35,36)37)16-23(19)31(38,39)40)14-26-27(44)41-28(47-26)43-11-9-42(10-12-43)22-4-2-3-20(15-22)29(32,33)34/h2-8,13-16H,9-12,17H2,1H3/b26-14+. The average molecular weight is 690 g/mol. The molecule has 47 heavy (non-hydrogen) atoms. The van der Waals surface area contributed by atoms with Gasteiger partial charge in [-0.15, -0.1) is 0 Å². The van der Waals surface area contributed by atoms with E-state index in [0.29, 0.717) is 54.7 Å². The van der Waals surface area contributed by atoms with E-state index in [0.717, 1.165) is 23.9 Å². The highest BCUT2D eigenvalue weighted by Gasteiger charge is 2.38. The molecule has 0 N–H and O–H groups in total. The molecule has 2 aliphatic rings. The minimum Gasteiger partial charge on any atom is -0.493 e. The highest BCUT2D eigenvalue weighted by atomic mass is 32.2. The van der Waals surface area contributed by atoms with Crippen molar-refractivity contribution in [1.82, 2.24) is 4.90 Å². The molecule has 1 amide bonds. The predicted molar refractivity (Wildman–Crippen MR) is 157 cm³/mol. The van der Waals surface area contributed by atoms with Crippen LogP contribution in [-0.4, -0.2) is 49.3 Å². The van der Waals surface area contributed by atoms with Gasteiger partial charge in [-0.25, -0.2) is 0 Å². The van der Waals surface area contributed by atoms with E-state index < -0.39 is 53.3 Å². The Morgan fingerprint density at radius 2 is 1.45 bits per heavy atom. The summed E-state index contributed by atoms with van der Waals surface area (Å²) in [5.74, 6) is -0.391. The summed E-state index contributed by atoms with van der Waals surface area (Å²) in [6.07, 6.45) is -12.9. The van der Waals surface area contributed by atoms with Gasteiger partial charge in [-0.1, -0.05) is 18.2 Å². The molecular formula is C31H24F9N3O3S. The lowest BCUT2D eigenvalue weighted by Crippen LogP contribution is -2.47. The minimum atomic E-state index is -5.05. The molecule has 2 heterocycles. The Bertz CT molecular complexity index is 1710. The molecule has 0 radical (unpaired) electrons. The van der Waals surface area contributed by atoms with Crippen LogP contribution >= 0.6 is 11.8 Å². The molecule has 16 heteroatoms. The van der Waals surface area contributed by atoms with Crippen LogP contribution in [0.25, 0.3) is 6.08 Å². The molecule has 3 aromatic carbocycles. The molecule has 1 saturated heterocycles. The molecule has 0 aliphatic carbocycles. The summed E-state index contributed by atoms with van der Waals surface area (Å²) >= 11 is 1.12. The topological polar surface area (TPSA) is 54.4 Å². The fourth-order valence-electron chi connectivity index (χ4n) is 4.91. The lowest BCUT2D eigenvalue weighted by molar-refractivity contribution is -0.143. The van der Waals surface area contributed by atoms with Crippen molar-refractivity contribution in [3.63, 3.8) is 0 Å². The number of anilines is 1. The van der Waals surface area contributed by atoms with E-state index >= 15 is 0 Å². The second-order valence-corrected chi connectivity index (χ2v) is 11.4. The first-order valence-electron chi connectivity index (χ1n) is 13.8. The van der Waals surface area contributed by atoms with E-state index in [1.165, 1.54) is 37.5 Å². The number of amidine groups is 1. The third-order valence-electron chi connectivity index (χ3n) is 7.31. The number of rotatable bonds is 6. The molecule has 0 spiro atoms. The van der Waals surface area contributed by atoms with Gasteiger partial charge in [0, 0.05) is 37.4 Å². The minimum absolute atomic E-state index is 0.0173. The number of ether oxygens (including phenoxy) is 2. The van der Waals surface area contributed by atoms with Crippen molar-refractivity contribution in [1.29, 1.82) is 0 Å². The first-order chi connectivity index (χ1) is 22.0. The van der Waals surface area contributed by atoms with Crippen LogP contribution in [0.3, 0.4) is 0 Å². The van der Waals surface area contributed by atoms with Crippen LogP contribution in [0, 0.1) is 0 Å². The fourth-order valence-corrected chi connectivity index (χ4v) is 5.88. The normalized spacial score (nSPS) is 16.9. The van der Waals surface area contributed by atoms with Crippen LogP contribution < -0.4 is 14.4 Å². The first kappa shape index (κ1) is 34.0. The average Bonchev–Trinajstić information content (AvgIpc) is 3.38. The molecular weight excluding hydrogens is 665 g/mol. The number of nitrogens with zero attached hydrogens (tertiary/aromatic N) is 3. The monoisotopic (exact) mass is 689 g/mol. The van der Waals surface area contributed by atoms with Gasteiger partial charge < -0.3 is 19.3 Å². The van der Waals surface area contributed by atoms with Crippen LogP contribution in [0.1, 0.15) is 27.8 Å². The molecule has 3 aromatic rings. The van der Waals surface area contributed by atoms with Crippen molar-refractivity contribution in [2.45, 2.75) is 25.1 Å². The number of thioether (sulfide) groups is 1. The number of amides is 1. The number of aliphatic imine (C=N–C) groups is 1. The Kier molecular flexibility index (Phi) is 9.44. The van der Waals surface area contributed by atoms with E-state index in [1.807, 2.05) is 9.80 Å². The maximum atomic E-state index is 13.5. The third kappa shape index (κ3) is 7.97. The molecule has 6 nitrogen and oxygen atoms in total. The number of hydrogen-bond acceptors (Lipinski definition) is 6. The van der Waals surface area contributed by atoms with Crippen LogP contribution in [0.2, 0.25) is 0 Å². The Morgan fingerprint density at radius 1 is 0.787 bits per heavy atom. The van der Waals surface area contributed by atoms with Crippen molar-refractivity contribution < 1.29 is 53.8 Å². The zero-order valence-electron chi connectivity index (χ0n) is 24.3. The van der Waals surface area contributed by atoms with Gasteiger partial charge in [0.15, 0.2) is 16.7 Å². The van der Waals surface area contributed by atoms with Gasteiger partial charge in [-0.2, -0.15) is 44.5 Å². The maximum absolute atomic E-state index is 13.5. The number of methoxy groups -OCH3 is 1. The van der Waals surface area contributed by atoms with Gasteiger partial charge in [0.1, 0.15) is 6.61 Å².